The SMILES string of the molecule is C[C@H](CCS(C)(=O)=O)NC(=O)c1cccs1. The normalized spacial score (nSPS) is 13.4. The molecule has 0 spiro atoms. The Morgan fingerprint density at radius 3 is 2.75 bits per heavy atom. The number of hydrogen-bond donors (Lipinski definition) is 1. The van der Waals surface area contributed by atoms with E-state index in [0.717, 1.165) is 0 Å². The highest BCUT2D eigenvalue weighted by atomic mass is 32.2. The molecular weight excluding hydrogens is 246 g/mol. The Kier molecular flexibility index (Phi) is 4.49. The van der Waals surface area contributed by atoms with E-state index in [2.05, 4.69) is 5.32 Å². The van der Waals surface area contributed by atoms with Crippen LogP contribution in [0.5, 0.6) is 0 Å². The molecule has 0 unspecified atom stereocenters. The summed E-state index contributed by atoms with van der Waals surface area (Å²) in [7, 11) is -2.96. The molecule has 0 fully saturated rings. The van der Waals surface area contributed by atoms with E-state index < -0.39 is 9.84 Å². The monoisotopic (exact) mass is 261 g/mol. The predicted octanol–water partition coefficient (Wildman–Crippen LogP) is 1.30. The molecule has 90 valence electrons. The summed E-state index contributed by atoms with van der Waals surface area (Å²) in [5, 5.41) is 4.59. The zero-order valence-corrected chi connectivity index (χ0v) is 10.9. The fourth-order valence-corrected chi connectivity index (χ4v) is 2.57. The first kappa shape index (κ1) is 13.2. The Morgan fingerprint density at radius 1 is 1.56 bits per heavy atom. The summed E-state index contributed by atoms with van der Waals surface area (Å²) in [5.74, 6) is -0.0465. The standard InChI is InChI=1S/C10H15NO3S2/c1-8(5-7-16(2,13)14)11-10(12)9-4-3-6-15-9/h3-4,6,8H,5,7H2,1-2H3,(H,11,12)/t8-/m1/s1. The second-order valence-electron chi connectivity index (χ2n) is 3.77. The van der Waals surface area contributed by atoms with Crippen LogP contribution in [0.1, 0.15) is 23.0 Å². The molecular formula is C10H15NO3S2. The predicted molar refractivity (Wildman–Crippen MR) is 65.6 cm³/mol. The van der Waals surface area contributed by atoms with Crippen LogP contribution in [-0.2, 0) is 9.84 Å². The van der Waals surface area contributed by atoms with Crippen LogP contribution < -0.4 is 5.32 Å². The molecule has 0 aliphatic carbocycles. The Bertz CT molecular complexity index is 437. The van der Waals surface area contributed by atoms with Gasteiger partial charge in [-0.15, -0.1) is 11.3 Å². The minimum atomic E-state index is -2.96. The van der Waals surface area contributed by atoms with Gasteiger partial charge in [0, 0.05) is 12.3 Å². The van der Waals surface area contributed by atoms with Crippen molar-refractivity contribution in [2.75, 3.05) is 12.0 Å². The van der Waals surface area contributed by atoms with Crippen molar-refractivity contribution in [2.24, 2.45) is 0 Å². The summed E-state index contributed by atoms with van der Waals surface area (Å²) in [6, 6.07) is 3.41. The molecule has 1 rings (SSSR count). The highest BCUT2D eigenvalue weighted by molar-refractivity contribution is 7.90. The van der Waals surface area contributed by atoms with Crippen LogP contribution >= 0.6 is 11.3 Å². The lowest BCUT2D eigenvalue weighted by molar-refractivity contribution is 0.0943. The van der Waals surface area contributed by atoms with Crippen LogP contribution in [0.3, 0.4) is 0 Å². The van der Waals surface area contributed by atoms with E-state index in [-0.39, 0.29) is 17.7 Å². The lowest BCUT2D eigenvalue weighted by Crippen LogP contribution is -2.33. The molecule has 0 saturated heterocycles. The van der Waals surface area contributed by atoms with Gasteiger partial charge >= 0.3 is 0 Å². The molecule has 1 amide bonds. The van der Waals surface area contributed by atoms with Gasteiger partial charge in [-0.3, -0.25) is 4.79 Å². The number of nitrogens with one attached hydrogen (secondary N) is 1. The molecule has 16 heavy (non-hydrogen) atoms. The molecule has 0 radical (unpaired) electrons. The lowest BCUT2D eigenvalue weighted by Gasteiger charge is -2.12. The Labute approximate surface area is 99.6 Å². The van der Waals surface area contributed by atoms with E-state index in [1.807, 2.05) is 5.38 Å². The summed E-state index contributed by atoms with van der Waals surface area (Å²) in [6.07, 6.45) is 1.64. The molecule has 1 aromatic rings. The maximum Gasteiger partial charge on any atom is 0.261 e. The van der Waals surface area contributed by atoms with Crippen LogP contribution in [-0.4, -0.2) is 32.4 Å². The van der Waals surface area contributed by atoms with Crippen molar-refractivity contribution < 1.29 is 13.2 Å². The molecule has 1 aromatic heterocycles. The van der Waals surface area contributed by atoms with Gasteiger partial charge in [-0.2, -0.15) is 0 Å². The largest absolute Gasteiger partial charge is 0.349 e. The van der Waals surface area contributed by atoms with Crippen LogP contribution in [0.2, 0.25) is 0 Å². The van der Waals surface area contributed by atoms with Gasteiger partial charge < -0.3 is 5.32 Å². The van der Waals surface area contributed by atoms with Gasteiger partial charge in [-0.1, -0.05) is 6.07 Å². The molecule has 4 nitrogen and oxygen atoms in total. The molecule has 0 bridgehead atoms. The number of rotatable bonds is 5. The molecule has 1 N–H and O–H groups in total. The number of carbonyl (C=O) groups is 1. The van der Waals surface area contributed by atoms with Crippen molar-refractivity contribution in [2.45, 2.75) is 19.4 Å². The molecule has 0 aliphatic heterocycles. The van der Waals surface area contributed by atoms with Gasteiger partial charge in [0.05, 0.1) is 10.6 Å². The summed E-state index contributed by atoms with van der Waals surface area (Å²) in [6.45, 7) is 1.80. The third-order valence-corrected chi connectivity index (χ3v) is 3.89. The van der Waals surface area contributed by atoms with Crippen molar-refractivity contribution in [1.82, 2.24) is 5.32 Å². The van der Waals surface area contributed by atoms with Crippen LogP contribution in [0.4, 0.5) is 0 Å². The number of amides is 1. The van der Waals surface area contributed by atoms with Crippen LogP contribution in [0.25, 0.3) is 0 Å². The minimum absolute atomic E-state index is 0.0961. The number of carbonyl (C=O) groups excluding carboxylic acids is 1. The second kappa shape index (κ2) is 5.45. The first-order valence-electron chi connectivity index (χ1n) is 4.90. The van der Waals surface area contributed by atoms with E-state index >= 15 is 0 Å². The van der Waals surface area contributed by atoms with Gasteiger partial charge in [-0.05, 0) is 24.8 Å². The molecule has 0 aliphatic rings. The Morgan fingerprint density at radius 2 is 2.25 bits per heavy atom. The van der Waals surface area contributed by atoms with Crippen LogP contribution in [0, 0.1) is 0 Å². The van der Waals surface area contributed by atoms with Gasteiger partial charge in [0.15, 0.2) is 0 Å². The van der Waals surface area contributed by atoms with Crippen molar-refractivity contribution in [3.05, 3.63) is 22.4 Å². The molecule has 1 heterocycles. The topological polar surface area (TPSA) is 63.2 Å². The molecule has 6 heteroatoms. The summed E-state index contributed by atoms with van der Waals surface area (Å²) in [5.41, 5.74) is 0. The van der Waals surface area contributed by atoms with Gasteiger partial charge in [0.1, 0.15) is 9.84 Å². The van der Waals surface area contributed by atoms with Crippen LogP contribution in [0.15, 0.2) is 17.5 Å². The summed E-state index contributed by atoms with van der Waals surface area (Å²) < 4.78 is 21.9. The zero-order valence-electron chi connectivity index (χ0n) is 9.26. The lowest BCUT2D eigenvalue weighted by atomic mass is 10.2. The first-order chi connectivity index (χ1) is 7.38. The Hall–Kier alpha value is -0.880. The first-order valence-corrected chi connectivity index (χ1v) is 7.84. The third-order valence-electron chi connectivity index (χ3n) is 2.04. The summed E-state index contributed by atoms with van der Waals surface area (Å²) >= 11 is 1.37. The molecule has 0 aromatic carbocycles. The zero-order chi connectivity index (χ0) is 12.2. The summed E-state index contributed by atoms with van der Waals surface area (Å²) in [4.78, 5) is 12.2. The second-order valence-corrected chi connectivity index (χ2v) is 6.98. The highest BCUT2D eigenvalue weighted by Crippen LogP contribution is 2.08. The number of thiophene rings is 1. The smallest absolute Gasteiger partial charge is 0.261 e. The van der Waals surface area contributed by atoms with Crippen molar-refractivity contribution in [3.8, 4) is 0 Å². The fourth-order valence-electron chi connectivity index (χ4n) is 1.17. The van der Waals surface area contributed by atoms with E-state index in [9.17, 15) is 13.2 Å². The minimum Gasteiger partial charge on any atom is -0.349 e. The van der Waals surface area contributed by atoms with Gasteiger partial charge in [-0.25, -0.2) is 8.42 Å². The van der Waals surface area contributed by atoms with Gasteiger partial charge in [0.2, 0.25) is 0 Å². The number of hydrogen-bond acceptors (Lipinski definition) is 4. The number of sulfone groups is 1. The maximum atomic E-state index is 11.6. The van der Waals surface area contributed by atoms with Crippen molar-refractivity contribution in [1.29, 1.82) is 0 Å². The van der Waals surface area contributed by atoms with E-state index in [1.165, 1.54) is 17.6 Å². The molecule has 0 saturated carbocycles. The molecule has 1 atom stereocenters. The van der Waals surface area contributed by atoms with E-state index in [1.54, 1.807) is 19.1 Å². The fraction of sp³-hybridized carbons (Fsp3) is 0.500. The van der Waals surface area contributed by atoms with E-state index in [4.69, 9.17) is 0 Å². The maximum absolute atomic E-state index is 11.6. The Balaban J connectivity index is 2.40. The van der Waals surface area contributed by atoms with Crippen molar-refractivity contribution >= 4 is 27.1 Å². The van der Waals surface area contributed by atoms with Gasteiger partial charge in [0.25, 0.3) is 5.91 Å². The average Bonchev–Trinajstić information content (AvgIpc) is 2.66. The van der Waals surface area contributed by atoms with E-state index in [0.29, 0.717) is 11.3 Å². The van der Waals surface area contributed by atoms with Crippen molar-refractivity contribution in [3.63, 3.8) is 0 Å². The highest BCUT2D eigenvalue weighted by Gasteiger charge is 2.12. The third kappa shape index (κ3) is 4.76. The quantitative estimate of drug-likeness (QED) is 0.869. The average molecular weight is 261 g/mol.